The summed E-state index contributed by atoms with van der Waals surface area (Å²) in [6, 6.07) is 14.3. The van der Waals surface area contributed by atoms with Crippen molar-refractivity contribution in [3.63, 3.8) is 0 Å². The summed E-state index contributed by atoms with van der Waals surface area (Å²) in [5.74, 6) is -2.96. The van der Waals surface area contributed by atoms with Crippen molar-refractivity contribution in [3.8, 4) is 5.69 Å². The Balaban J connectivity index is 1.82. The highest BCUT2D eigenvalue weighted by molar-refractivity contribution is 7.99. The second kappa shape index (κ2) is 8.75. The van der Waals surface area contributed by atoms with Gasteiger partial charge in [0, 0.05) is 11.3 Å². The zero-order chi connectivity index (χ0) is 20.3. The number of nitrogens with zero attached hydrogens (tertiary/aromatic N) is 2. The van der Waals surface area contributed by atoms with Crippen LogP contribution in [0.4, 0.5) is 14.5 Å². The Morgan fingerprint density at radius 1 is 1.18 bits per heavy atom. The summed E-state index contributed by atoms with van der Waals surface area (Å²) in [4.78, 5) is 12.7. The molecule has 0 spiro atoms. The first-order chi connectivity index (χ1) is 13.4. The van der Waals surface area contributed by atoms with Crippen molar-refractivity contribution in [2.45, 2.75) is 30.9 Å². The third-order valence-electron chi connectivity index (χ3n) is 4.23. The van der Waals surface area contributed by atoms with Crippen molar-refractivity contribution in [3.05, 3.63) is 70.5 Å². The number of carbonyl (C=O) groups is 1. The summed E-state index contributed by atoms with van der Waals surface area (Å²) in [6.07, 6.45) is 0.0792. The molecule has 1 heterocycles. The third kappa shape index (κ3) is 4.54. The number of halogens is 3. The second-order valence-electron chi connectivity index (χ2n) is 6.12. The molecule has 1 N–H and O–H groups in total. The van der Waals surface area contributed by atoms with Crippen LogP contribution >= 0.6 is 23.4 Å². The van der Waals surface area contributed by atoms with Crippen molar-refractivity contribution in [1.82, 2.24) is 9.78 Å². The van der Waals surface area contributed by atoms with Gasteiger partial charge in [-0.25, -0.2) is 4.68 Å². The molecular weight excluding hydrogens is 404 g/mol. The first kappa shape index (κ1) is 20.4. The Morgan fingerprint density at radius 3 is 2.57 bits per heavy atom. The predicted octanol–water partition coefficient (Wildman–Crippen LogP) is 5.64. The van der Waals surface area contributed by atoms with E-state index in [2.05, 4.69) is 10.4 Å². The molecule has 0 radical (unpaired) electrons. The smallest absolute Gasteiger partial charge is 0.289 e. The molecule has 0 unspecified atom stereocenters. The monoisotopic (exact) mass is 421 g/mol. The Hall–Kier alpha value is -2.38. The minimum absolute atomic E-state index is 0.0792. The molecule has 0 saturated heterocycles. The summed E-state index contributed by atoms with van der Waals surface area (Å²) in [5, 5.41) is 7.39. The fourth-order valence-corrected chi connectivity index (χ4v) is 3.84. The maximum absolute atomic E-state index is 12.8. The summed E-state index contributed by atoms with van der Waals surface area (Å²) in [7, 11) is 0. The van der Waals surface area contributed by atoms with Gasteiger partial charge in [0.15, 0.2) is 0 Å². The quantitative estimate of drug-likeness (QED) is 0.524. The van der Waals surface area contributed by atoms with Gasteiger partial charge in [0.05, 0.1) is 33.4 Å². The number of hydrogen-bond acceptors (Lipinski definition) is 3. The zero-order valence-electron chi connectivity index (χ0n) is 15.2. The van der Waals surface area contributed by atoms with Crippen molar-refractivity contribution >= 4 is 35.0 Å². The topological polar surface area (TPSA) is 46.9 Å². The van der Waals surface area contributed by atoms with Gasteiger partial charge in [-0.15, -0.1) is 0 Å². The molecule has 1 aromatic heterocycles. The van der Waals surface area contributed by atoms with Gasteiger partial charge < -0.3 is 5.32 Å². The number of anilines is 1. The number of aromatic nitrogens is 2. The van der Waals surface area contributed by atoms with E-state index in [1.807, 2.05) is 44.2 Å². The maximum atomic E-state index is 12.8. The van der Waals surface area contributed by atoms with E-state index in [1.165, 1.54) is 6.07 Å². The van der Waals surface area contributed by atoms with Crippen LogP contribution in [-0.4, -0.2) is 21.4 Å². The lowest BCUT2D eigenvalue weighted by Gasteiger charge is -2.12. The molecule has 1 amide bonds. The van der Waals surface area contributed by atoms with E-state index in [1.54, 1.807) is 16.8 Å². The highest BCUT2D eigenvalue weighted by atomic mass is 35.5. The first-order valence-electron chi connectivity index (χ1n) is 8.50. The molecule has 4 nitrogen and oxygen atoms in total. The van der Waals surface area contributed by atoms with Crippen LogP contribution in [-0.2, 0) is 11.2 Å². The van der Waals surface area contributed by atoms with E-state index in [-0.39, 0.29) is 27.9 Å². The highest BCUT2D eigenvalue weighted by Gasteiger charge is 2.19. The molecule has 146 valence electrons. The minimum Gasteiger partial charge on any atom is -0.325 e. The minimum atomic E-state index is -2.64. The number of aryl methyl sites for hydroxylation is 1. The SMILES string of the molecule is Cc1nn(-c2ccccc2)c(C)c1CC(=O)Nc1cccc(Cl)c1SC(F)F. The molecule has 0 aliphatic carbocycles. The normalized spacial score (nSPS) is 11.1. The van der Waals surface area contributed by atoms with Gasteiger partial charge in [-0.2, -0.15) is 13.9 Å². The van der Waals surface area contributed by atoms with Crippen LogP contribution in [0.5, 0.6) is 0 Å². The lowest BCUT2D eigenvalue weighted by Crippen LogP contribution is -2.16. The lowest BCUT2D eigenvalue weighted by atomic mass is 10.1. The molecule has 2 aromatic carbocycles. The molecule has 0 aliphatic heterocycles. The number of thioether (sulfide) groups is 1. The van der Waals surface area contributed by atoms with Gasteiger partial charge in [-0.1, -0.05) is 47.6 Å². The molecular formula is C20H18ClF2N3OS. The molecule has 3 aromatic rings. The largest absolute Gasteiger partial charge is 0.325 e. The summed E-state index contributed by atoms with van der Waals surface area (Å²) >= 11 is 6.33. The van der Waals surface area contributed by atoms with E-state index in [0.717, 1.165) is 22.6 Å². The van der Waals surface area contributed by atoms with Gasteiger partial charge in [-0.3, -0.25) is 4.79 Å². The fourth-order valence-electron chi connectivity index (χ4n) is 2.92. The Labute approximate surface area is 170 Å². The van der Waals surface area contributed by atoms with Crippen molar-refractivity contribution < 1.29 is 13.6 Å². The predicted molar refractivity (Wildman–Crippen MR) is 109 cm³/mol. The van der Waals surface area contributed by atoms with Crippen LogP contribution in [0.3, 0.4) is 0 Å². The van der Waals surface area contributed by atoms with Crippen LogP contribution in [0, 0.1) is 13.8 Å². The van der Waals surface area contributed by atoms with Crippen LogP contribution in [0.25, 0.3) is 5.69 Å². The highest BCUT2D eigenvalue weighted by Crippen LogP contribution is 2.37. The molecule has 0 aliphatic rings. The number of carbonyl (C=O) groups excluding carboxylic acids is 1. The zero-order valence-corrected chi connectivity index (χ0v) is 16.8. The third-order valence-corrected chi connectivity index (χ3v) is 5.51. The van der Waals surface area contributed by atoms with Crippen molar-refractivity contribution in [2.75, 3.05) is 5.32 Å². The average molecular weight is 422 g/mol. The Bertz CT molecular complexity index is 993. The maximum Gasteiger partial charge on any atom is 0.289 e. The van der Waals surface area contributed by atoms with Gasteiger partial charge in [0.25, 0.3) is 5.76 Å². The molecule has 0 atom stereocenters. The van der Waals surface area contributed by atoms with E-state index in [9.17, 15) is 13.6 Å². The van der Waals surface area contributed by atoms with Crippen LogP contribution in [0.2, 0.25) is 5.02 Å². The van der Waals surface area contributed by atoms with Crippen molar-refractivity contribution in [2.24, 2.45) is 0 Å². The fraction of sp³-hybridized carbons (Fsp3) is 0.200. The second-order valence-corrected chi connectivity index (χ2v) is 7.52. The van der Waals surface area contributed by atoms with Crippen LogP contribution in [0.15, 0.2) is 53.4 Å². The average Bonchev–Trinajstić information content (AvgIpc) is 2.93. The van der Waals surface area contributed by atoms with Gasteiger partial charge in [-0.05, 0) is 38.1 Å². The number of rotatable bonds is 6. The molecule has 0 bridgehead atoms. The number of amides is 1. The molecule has 0 fully saturated rings. The molecule has 8 heteroatoms. The van der Waals surface area contributed by atoms with Crippen LogP contribution < -0.4 is 5.32 Å². The van der Waals surface area contributed by atoms with Crippen molar-refractivity contribution in [1.29, 1.82) is 0 Å². The number of hydrogen-bond donors (Lipinski definition) is 1. The van der Waals surface area contributed by atoms with E-state index >= 15 is 0 Å². The number of nitrogens with one attached hydrogen (secondary N) is 1. The summed E-state index contributed by atoms with van der Waals surface area (Å²) in [6.45, 7) is 3.74. The number of alkyl halides is 2. The molecule has 3 rings (SSSR count). The summed E-state index contributed by atoms with van der Waals surface area (Å²) in [5.41, 5.74) is 3.57. The standard InChI is InChI=1S/C20H18ClF2N3OS/c1-12-15(13(2)26(25-12)14-7-4-3-5-8-14)11-18(27)24-17-10-6-9-16(21)19(17)28-20(22)23/h3-10,20H,11H2,1-2H3,(H,24,27). The van der Waals surface area contributed by atoms with E-state index in [0.29, 0.717) is 11.8 Å². The molecule has 0 saturated carbocycles. The molecule has 28 heavy (non-hydrogen) atoms. The van der Waals surface area contributed by atoms with Gasteiger partial charge in [0.2, 0.25) is 5.91 Å². The van der Waals surface area contributed by atoms with E-state index < -0.39 is 5.76 Å². The Kier molecular flexibility index (Phi) is 6.36. The Morgan fingerprint density at radius 2 is 1.89 bits per heavy atom. The van der Waals surface area contributed by atoms with Gasteiger partial charge >= 0.3 is 0 Å². The number of benzene rings is 2. The van der Waals surface area contributed by atoms with Gasteiger partial charge in [0.1, 0.15) is 0 Å². The van der Waals surface area contributed by atoms with Crippen LogP contribution in [0.1, 0.15) is 17.0 Å². The number of para-hydroxylation sites is 1. The summed E-state index contributed by atoms with van der Waals surface area (Å²) < 4.78 is 27.4. The van der Waals surface area contributed by atoms with E-state index in [4.69, 9.17) is 11.6 Å². The lowest BCUT2D eigenvalue weighted by molar-refractivity contribution is -0.115. The first-order valence-corrected chi connectivity index (χ1v) is 9.76.